The first-order valence-corrected chi connectivity index (χ1v) is 12.6. The molecule has 11 heteroatoms. The van der Waals surface area contributed by atoms with Gasteiger partial charge in [-0.3, -0.25) is 14.9 Å². The highest BCUT2D eigenvalue weighted by Gasteiger charge is 2.35. The molecule has 1 amide bonds. The van der Waals surface area contributed by atoms with Gasteiger partial charge in [-0.05, 0) is 42.7 Å². The van der Waals surface area contributed by atoms with Gasteiger partial charge in [-0.2, -0.15) is 13.2 Å². The minimum Gasteiger partial charge on any atom is -0.366 e. The first-order chi connectivity index (χ1) is 15.7. The number of carbonyl (C=O) groups is 1. The quantitative estimate of drug-likeness (QED) is 0.407. The van der Waals surface area contributed by atoms with Crippen molar-refractivity contribution in [2.75, 3.05) is 34.8 Å². The summed E-state index contributed by atoms with van der Waals surface area (Å²) in [6.45, 7) is 0.694. The predicted octanol–water partition coefficient (Wildman–Crippen LogP) is 5.95. The third-order valence-corrected chi connectivity index (χ3v) is 8.86. The lowest BCUT2D eigenvalue weighted by Crippen LogP contribution is -2.38. The van der Waals surface area contributed by atoms with Crippen LogP contribution in [0.3, 0.4) is 0 Å². The molecular weight excluding hydrogens is 475 g/mol. The van der Waals surface area contributed by atoms with Crippen molar-refractivity contribution in [3.05, 3.63) is 63.7 Å². The van der Waals surface area contributed by atoms with E-state index in [4.69, 9.17) is 0 Å². The van der Waals surface area contributed by atoms with Crippen molar-refractivity contribution in [3.8, 4) is 0 Å². The zero-order valence-corrected chi connectivity index (χ0v) is 19.1. The van der Waals surface area contributed by atoms with Crippen LogP contribution in [0.1, 0.15) is 28.6 Å². The Morgan fingerprint density at radius 3 is 2.42 bits per heavy atom. The second-order valence-electron chi connectivity index (χ2n) is 7.91. The summed E-state index contributed by atoms with van der Waals surface area (Å²) >= 11 is 3.78. The van der Waals surface area contributed by atoms with E-state index in [-0.39, 0.29) is 17.5 Å². The van der Waals surface area contributed by atoms with E-state index in [0.29, 0.717) is 36.6 Å². The monoisotopic (exact) mass is 497 g/mol. The third kappa shape index (κ3) is 5.57. The Labute approximate surface area is 197 Å². The molecule has 2 heterocycles. The van der Waals surface area contributed by atoms with Gasteiger partial charge >= 0.3 is 6.18 Å². The smallest absolute Gasteiger partial charge is 0.366 e. The molecule has 2 aromatic carbocycles. The van der Waals surface area contributed by atoms with Gasteiger partial charge in [-0.25, -0.2) is 0 Å². The summed E-state index contributed by atoms with van der Waals surface area (Å²) in [7, 11) is 0. The van der Waals surface area contributed by atoms with Crippen molar-refractivity contribution in [2.24, 2.45) is 5.92 Å². The summed E-state index contributed by atoms with van der Waals surface area (Å²) in [6, 6.07) is 10.4. The third-order valence-electron chi connectivity index (χ3n) is 5.75. The number of amides is 1. The van der Waals surface area contributed by atoms with E-state index in [2.05, 4.69) is 11.4 Å². The molecule has 0 aromatic heterocycles. The fraction of sp³-hybridized carbons (Fsp3) is 0.409. The van der Waals surface area contributed by atoms with Crippen molar-refractivity contribution in [3.63, 3.8) is 0 Å². The van der Waals surface area contributed by atoms with Crippen molar-refractivity contribution in [1.29, 1.82) is 0 Å². The summed E-state index contributed by atoms with van der Waals surface area (Å²) in [6.07, 6.45) is -3.74. The molecule has 176 valence electrons. The van der Waals surface area contributed by atoms with Gasteiger partial charge in [-0.15, -0.1) is 23.5 Å². The maximum absolute atomic E-state index is 13.0. The Bertz CT molecular complexity index is 1040. The van der Waals surface area contributed by atoms with Gasteiger partial charge in [0.1, 0.15) is 5.69 Å². The predicted molar refractivity (Wildman–Crippen MR) is 126 cm³/mol. The molecule has 0 bridgehead atoms. The van der Waals surface area contributed by atoms with Gasteiger partial charge in [0, 0.05) is 42.3 Å². The van der Waals surface area contributed by atoms with Crippen LogP contribution in [0, 0.1) is 16.0 Å². The minimum absolute atomic E-state index is 0.111. The van der Waals surface area contributed by atoms with E-state index in [9.17, 15) is 28.1 Å². The van der Waals surface area contributed by atoms with E-state index in [1.165, 1.54) is 5.56 Å². The molecular formula is C22H22F3N3O3S2. The standard InChI is InChI=1S/C22H22F3N3O3S2/c23-22(24,25)16-4-5-18(19(13-16)28(30)31)27-8-6-14(7-9-27)20(29)26-17-3-1-2-15(12-17)21-32-10-11-33-21/h1-5,12-14,21H,6-11H2,(H,26,29). The fourth-order valence-electron chi connectivity index (χ4n) is 4.05. The number of alkyl halides is 3. The van der Waals surface area contributed by atoms with Gasteiger partial charge < -0.3 is 10.2 Å². The van der Waals surface area contributed by atoms with Crippen LogP contribution < -0.4 is 10.2 Å². The average molecular weight is 498 g/mol. The molecule has 0 atom stereocenters. The number of nitrogens with zero attached hydrogens (tertiary/aromatic N) is 2. The van der Waals surface area contributed by atoms with Crippen LogP contribution >= 0.6 is 23.5 Å². The van der Waals surface area contributed by atoms with E-state index < -0.39 is 22.4 Å². The topological polar surface area (TPSA) is 75.5 Å². The number of hydrogen-bond donors (Lipinski definition) is 1. The highest BCUT2D eigenvalue weighted by Crippen LogP contribution is 2.45. The van der Waals surface area contributed by atoms with Crippen molar-refractivity contribution >= 4 is 46.5 Å². The molecule has 0 saturated carbocycles. The maximum atomic E-state index is 13.0. The summed E-state index contributed by atoms with van der Waals surface area (Å²) in [4.78, 5) is 25.1. The Kier molecular flexibility index (Phi) is 7.08. The molecule has 6 nitrogen and oxygen atoms in total. The van der Waals surface area contributed by atoms with Gasteiger partial charge in [0.2, 0.25) is 5.91 Å². The molecule has 0 aliphatic carbocycles. The first-order valence-electron chi connectivity index (χ1n) is 10.5. The summed E-state index contributed by atoms with van der Waals surface area (Å²) < 4.78 is 39.2. The molecule has 0 spiro atoms. The van der Waals surface area contributed by atoms with E-state index in [1.54, 1.807) is 4.90 Å². The van der Waals surface area contributed by atoms with Crippen LogP contribution in [0.15, 0.2) is 42.5 Å². The number of thioether (sulfide) groups is 2. The Morgan fingerprint density at radius 2 is 1.79 bits per heavy atom. The van der Waals surface area contributed by atoms with Crippen molar-refractivity contribution in [1.82, 2.24) is 0 Å². The number of nitro groups is 1. The van der Waals surface area contributed by atoms with Crippen LogP contribution in [-0.4, -0.2) is 35.4 Å². The van der Waals surface area contributed by atoms with Crippen LogP contribution in [0.2, 0.25) is 0 Å². The maximum Gasteiger partial charge on any atom is 0.416 e. The molecule has 2 aliphatic rings. The number of piperidine rings is 1. The lowest BCUT2D eigenvalue weighted by Gasteiger charge is -2.32. The highest BCUT2D eigenvalue weighted by atomic mass is 32.2. The van der Waals surface area contributed by atoms with E-state index >= 15 is 0 Å². The van der Waals surface area contributed by atoms with Gasteiger partial charge in [0.05, 0.1) is 15.1 Å². The molecule has 2 saturated heterocycles. The van der Waals surface area contributed by atoms with Crippen LogP contribution in [0.25, 0.3) is 0 Å². The Hall–Kier alpha value is -2.40. The summed E-state index contributed by atoms with van der Waals surface area (Å²) in [5, 5.41) is 14.4. The second-order valence-corrected chi connectivity index (χ2v) is 10.6. The number of benzene rings is 2. The minimum atomic E-state index is -4.65. The number of halogens is 3. The largest absolute Gasteiger partial charge is 0.416 e. The first kappa shape index (κ1) is 23.7. The molecule has 2 fully saturated rings. The van der Waals surface area contributed by atoms with Crippen LogP contribution in [0.5, 0.6) is 0 Å². The van der Waals surface area contributed by atoms with Gasteiger partial charge in [-0.1, -0.05) is 12.1 Å². The number of carbonyl (C=O) groups excluding carboxylic acids is 1. The summed E-state index contributed by atoms with van der Waals surface area (Å²) in [5.41, 5.74) is 0.429. The van der Waals surface area contributed by atoms with E-state index in [0.717, 1.165) is 29.3 Å². The summed E-state index contributed by atoms with van der Waals surface area (Å²) in [5.74, 6) is 1.84. The molecule has 0 radical (unpaired) electrons. The van der Waals surface area contributed by atoms with Crippen LogP contribution in [-0.2, 0) is 11.0 Å². The number of nitro benzene ring substituents is 1. The zero-order chi connectivity index (χ0) is 23.6. The number of hydrogen-bond acceptors (Lipinski definition) is 6. The highest BCUT2D eigenvalue weighted by molar-refractivity contribution is 8.19. The molecule has 2 aromatic rings. The average Bonchev–Trinajstić information content (AvgIpc) is 3.33. The molecule has 2 aliphatic heterocycles. The van der Waals surface area contributed by atoms with E-state index in [1.807, 2.05) is 41.7 Å². The van der Waals surface area contributed by atoms with Crippen molar-refractivity contribution < 1.29 is 22.9 Å². The normalized spacial score (nSPS) is 17.8. The number of anilines is 2. The fourth-order valence-corrected chi connectivity index (χ4v) is 6.89. The lowest BCUT2D eigenvalue weighted by molar-refractivity contribution is -0.384. The van der Waals surface area contributed by atoms with Crippen molar-refractivity contribution in [2.45, 2.75) is 23.6 Å². The number of nitrogens with one attached hydrogen (secondary N) is 1. The lowest BCUT2D eigenvalue weighted by atomic mass is 9.95. The molecule has 33 heavy (non-hydrogen) atoms. The molecule has 0 unspecified atom stereocenters. The zero-order valence-electron chi connectivity index (χ0n) is 17.5. The Morgan fingerprint density at radius 1 is 1.09 bits per heavy atom. The van der Waals surface area contributed by atoms with Crippen LogP contribution in [0.4, 0.5) is 30.2 Å². The SMILES string of the molecule is O=C(Nc1cccc(C2SCCS2)c1)C1CCN(c2ccc(C(F)(F)F)cc2[N+](=O)[O-])CC1. The molecule has 1 N–H and O–H groups in total. The number of rotatable bonds is 5. The second kappa shape index (κ2) is 9.84. The Balaban J connectivity index is 1.39. The molecule has 4 rings (SSSR count). The van der Waals surface area contributed by atoms with Gasteiger partial charge in [0.25, 0.3) is 5.69 Å². The van der Waals surface area contributed by atoms with Gasteiger partial charge in [0.15, 0.2) is 0 Å².